The van der Waals surface area contributed by atoms with Gasteiger partial charge in [-0.3, -0.25) is 0 Å². The lowest BCUT2D eigenvalue weighted by Crippen LogP contribution is -2.46. The van der Waals surface area contributed by atoms with Crippen LogP contribution >= 0.6 is 0 Å². The summed E-state index contributed by atoms with van der Waals surface area (Å²) in [6.45, 7) is 1.98. The number of urea groups is 1. The van der Waals surface area contributed by atoms with Crippen LogP contribution in [0.15, 0.2) is 24.3 Å². The molecule has 4 nitrogen and oxygen atoms in total. The number of nitrogens with one attached hydrogen (secondary N) is 1. The third kappa shape index (κ3) is 3.76. The van der Waals surface area contributed by atoms with Crippen LogP contribution in [0, 0.1) is 5.92 Å². The van der Waals surface area contributed by atoms with Gasteiger partial charge in [0.25, 0.3) is 0 Å². The molecule has 0 spiro atoms. The minimum Gasteiger partial charge on any atom is -0.370 e. The number of alkyl halides is 3. The maximum atomic E-state index is 12.9. The summed E-state index contributed by atoms with van der Waals surface area (Å²) >= 11 is 0. The number of hydrogen-bond acceptors (Lipinski definition) is 2. The topological polar surface area (TPSA) is 35.6 Å². The van der Waals surface area contributed by atoms with Gasteiger partial charge in [-0.25, -0.2) is 4.79 Å². The van der Waals surface area contributed by atoms with Crippen molar-refractivity contribution in [3.05, 3.63) is 24.3 Å². The summed E-state index contributed by atoms with van der Waals surface area (Å²) in [6, 6.07) is 7.02. The van der Waals surface area contributed by atoms with Crippen molar-refractivity contribution in [1.82, 2.24) is 4.90 Å². The van der Waals surface area contributed by atoms with Crippen LogP contribution in [-0.4, -0.2) is 43.3 Å². The predicted octanol–water partition coefficient (Wildman–Crippen LogP) is 4.09. The molecule has 2 heterocycles. The largest absolute Gasteiger partial charge is 0.393 e. The molecule has 24 heavy (non-hydrogen) atoms. The highest BCUT2D eigenvalue weighted by atomic mass is 19.4. The highest BCUT2D eigenvalue weighted by Gasteiger charge is 2.42. The standard InChI is InChI=1S/C17H22F3N3O/c18-17(19,20)13-6-5-11-23(12-13)16(24)21-14-7-1-2-8-15(14)22-9-3-4-10-22/h1-2,7-8,13H,3-6,9-12H2,(H,21,24)/t13-/m1/s1. The second kappa shape index (κ2) is 6.91. The van der Waals surface area contributed by atoms with E-state index >= 15 is 0 Å². The Morgan fingerprint density at radius 3 is 2.50 bits per heavy atom. The van der Waals surface area contributed by atoms with E-state index in [2.05, 4.69) is 10.2 Å². The van der Waals surface area contributed by atoms with Gasteiger partial charge in [-0.2, -0.15) is 13.2 Å². The molecule has 0 aromatic heterocycles. The lowest BCUT2D eigenvalue weighted by Gasteiger charge is -2.34. The maximum Gasteiger partial charge on any atom is 0.393 e. The number of benzene rings is 1. The number of para-hydroxylation sites is 2. The molecule has 0 bridgehead atoms. The van der Waals surface area contributed by atoms with Gasteiger partial charge in [-0.1, -0.05) is 12.1 Å². The number of hydrogen-bond donors (Lipinski definition) is 1. The second-order valence-electron chi connectivity index (χ2n) is 6.47. The fraction of sp³-hybridized carbons (Fsp3) is 0.588. The average Bonchev–Trinajstić information content (AvgIpc) is 3.09. The fourth-order valence-electron chi connectivity index (χ4n) is 3.44. The van der Waals surface area contributed by atoms with Crippen LogP contribution in [0.4, 0.5) is 29.3 Å². The highest BCUT2D eigenvalue weighted by molar-refractivity contribution is 5.93. The average molecular weight is 341 g/mol. The fourth-order valence-corrected chi connectivity index (χ4v) is 3.44. The molecule has 1 aromatic rings. The van der Waals surface area contributed by atoms with E-state index in [0.29, 0.717) is 18.7 Å². The van der Waals surface area contributed by atoms with Crippen LogP contribution < -0.4 is 10.2 Å². The van der Waals surface area contributed by atoms with Crippen molar-refractivity contribution in [2.45, 2.75) is 31.9 Å². The van der Waals surface area contributed by atoms with Crippen LogP contribution in [0.1, 0.15) is 25.7 Å². The van der Waals surface area contributed by atoms with E-state index in [1.165, 1.54) is 4.90 Å². The molecule has 3 rings (SSSR count). The van der Waals surface area contributed by atoms with Crippen molar-refractivity contribution in [3.63, 3.8) is 0 Å². The van der Waals surface area contributed by atoms with Gasteiger partial charge in [0.2, 0.25) is 0 Å². The van der Waals surface area contributed by atoms with Crippen molar-refractivity contribution in [1.29, 1.82) is 0 Å². The molecule has 1 atom stereocenters. The van der Waals surface area contributed by atoms with E-state index in [0.717, 1.165) is 31.6 Å². The van der Waals surface area contributed by atoms with Crippen LogP contribution in [0.2, 0.25) is 0 Å². The highest BCUT2D eigenvalue weighted by Crippen LogP contribution is 2.34. The maximum absolute atomic E-state index is 12.9. The summed E-state index contributed by atoms with van der Waals surface area (Å²) < 4.78 is 38.7. The molecule has 1 N–H and O–H groups in total. The molecule has 0 radical (unpaired) electrons. The molecular formula is C17H22F3N3O. The van der Waals surface area contributed by atoms with E-state index in [-0.39, 0.29) is 13.0 Å². The summed E-state index contributed by atoms with van der Waals surface area (Å²) in [4.78, 5) is 15.9. The Morgan fingerprint density at radius 2 is 1.79 bits per heavy atom. The Morgan fingerprint density at radius 1 is 1.08 bits per heavy atom. The number of nitrogens with zero attached hydrogens (tertiary/aromatic N) is 2. The number of carbonyl (C=O) groups excluding carboxylic acids is 1. The molecule has 2 aliphatic heterocycles. The summed E-state index contributed by atoms with van der Waals surface area (Å²) in [5.74, 6) is -1.43. The molecule has 2 aliphatic rings. The first-order chi connectivity index (χ1) is 11.4. The first kappa shape index (κ1) is 16.9. The Labute approximate surface area is 139 Å². The van der Waals surface area contributed by atoms with Crippen LogP contribution in [0.5, 0.6) is 0 Å². The van der Waals surface area contributed by atoms with Crippen molar-refractivity contribution in [2.75, 3.05) is 36.4 Å². The molecule has 132 valence electrons. The van der Waals surface area contributed by atoms with E-state index in [4.69, 9.17) is 0 Å². The summed E-state index contributed by atoms with van der Waals surface area (Å²) in [7, 11) is 0. The minimum atomic E-state index is -4.24. The molecule has 1 aromatic carbocycles. The minimum absolute atomic E-state index is 0.0949. The van der Waals surface area contributed by atoms with Crippen molar-refractivity contribution < 1.29 is 18.0 Å². The third-order valence-electron chi connectivity index (χ3n) is 4.76. The van der Waals surface area contributed by atoms with Crippen LogP contribution in [0.3, 0.4) is 0 Å². The summed E-state index contributed by atoms with van der Waals surface area (Å²) in [5.41, 5.74) is 1.60. The third-order valence-corrected chi connectivity index (χ3v) is 4.76. The number of halogens is 3. The van der Waals surface area contributed by atoms with E-state index in [9.17, 15) is 18.0 Å². The van der Waals surface area contributed by atoms with Crippen LogP contribution in [0.25, 0.3) is 0 Å². The quantitative estimate of drug-likeness (QED) is 0.879. The van der Waals surface area contributed by atoms with Crippen molar-refractivity contribution in [3.8, 4) is 0 Å². The zero-order valence-corrected chi connectivity index (χ0v) is 13.5. The number of amides is 2. The zero-order chi connectivity index (χ0) is 17.2. The molecule has 2 saturated heterocycles. The Balaban J connectivity index is 1.69. The molecule has 0 aliphatic carbocycles. The molecule has 2 fully saturated rings. The number of anilines is 2. The summed E-state index contributed by atoms with van der Waals surface area (Å²) in [5, 5.41) is 2.81. The smallest absolute Gasteiger partial charge is 0.370 e. The van der Waals surface area contributed by atoms with Crippen LogP contribution in [-0.2, 0) is 0 Å². The van der Waals surface area contributed by atoms with Gasteiger partial charge >= 0.3 is 12.2 Å². The first-order valence-corrected chi connectivity index (χ1v) is 8.42. The molecular weight excluding hydrogens is 319 g/mol. The van der Waals surface area contributed by atoms with E-state index < -0.39 is 18.1 Å². The molecule has 0 unspecified atom stereocenters. The summed E-state index contributed by atoms with van der Waals surface area (Å²) in [6.07, 6.45) is -1.54. The van der Waals surface area contributed by atoms with Gasteiger partial charge < -0.3 is 15.1 Å². The molecule has 7 heteroatoms. The van der Waals surface area contributed by atoms with Crippen molar-refractivity contribution >= 4 is 17.4 Å². The van der Waals surface area contributed by atoms with E-state index in [1.807, 2.05) is 18.2 Å². The van der Waals surface area contributed by atoms with Gasteiger partial charge in [-0.05, 0) is 37.8 Å². The molecule has 2 amide bonds. The van der Waals surface area contributed by atoms with E-state index in [1.54, 1.807) is 6.07 Å². The Kier molecular flexibility index (Phi) is 4.87. The Hall–Kier alpha value is -1.92. The predicted molar refractivity (Wildman–Crippen MR) is 87.3 cm³/mol. The van der Waals surface area contributed by atoms with Gasteiger partial charge in [0, 0.05) is 26.2 Å². The second-order valence-corrected chi connectivity index (χ2v) is 6.47. The lowest BCUT2D eigenvalue weighted by molar-refractivity contribution is -0.183. The number of piperidine rings is 1. The zero-order valence-electron chi connectivity index (χ0n) is 13.5. The molecule has 0 saturated carbocycles. The van der Waals surface area contributed by atoms with Gasteiger partial charge in [0.1, 0.15) is 0 Å². The number of rotatable bonds is 2. The number of likely N-dealkylation sites (tertiary alicyclic amines) is 1. The van der Waals surface area contributed by atoms with Gasteiger partial charge in [0.15, 0.2) is 0 Å². The first-order valence-electron chi connectivity index (χ1n) is 8.42. The lowest BCUT2D eigenvalue weighted by atomic mass is 9.98. The monoisotopic (exact) mass is 341 g/mol. The van der Waals surface area contributed by atoms with Gasteiger partial charge in [-0.15, -0.1) is 0 Å². The Bertz CT molecular complexity index is 585. The van der Waals surface area contributed by atoms with Gasteiger partial charge in [0.05, 0.1) is 17.3 Å². The van der Waals surface area contributed by atoms with Crippen molar-refractivity contribution in [2.24, 2.45) is 5.92 Å². The SMILES string of the molecule is O=C(Nc1ccccc1N1CCCC1)N1CCC[C@@H](C(F)(F)F)C1. The normalized spacial score (nSPS) is 21.9. The number of carbonyl (C=O) groups is 1.